The summed E-state index contributed by atoms with van der Waals surface area (Å²) in [6.45, 7) is 0. The lowest BCUT2D eigenvalue weighted by Gasteiger charge is -2.34. The van der Waals surface area contributed by atoms with E-state index in [1.54, 1.807) is 0 Å². The van der Waals surface area contributed by atoms with Gasteiger partial charge in [0.2, 0.25) is 0 Å². The van der Waals surface area contributed by atoms with E-state index in [2.05, 4.69) is 15.9 Å². The van der Waals surface area contributed by atoms with Gasteiger partial charge in [0.15, 0.2) is 11.6 Å². The van der Waals surface area contributed by atoms with Gasteiger partial charge in [-0.15, -0.1) is 0 Å². The van der Waals surface area contributed by atoms with Gasteiger partial charge in [0.25, 0.3) is 0 Å². The first kappa shape index (κ1) is 14.4. The third-order valence-electron chi connectivity index (χ3n) is 3.71. The second-order valence-corrected chi connectivity index (χ2v) is 5.65. The predicted molar refractivity (Wildman–Crippen MR) is 66.4 cm³/mol. The monoisotopic (exact) mass is 336 g/mol. The normalized spacial score (nSPS) is 18.3. The standard InChI is InChI=1S/C13H12BrF3O2/c14-7-6-8(15)11(17)9(10(7)16)13(12(18)19)4-2-1-3-5-13/h6H,1-5H2,(H,18,19). The van der Waals surface area contributed by atoms with E-state index in [1.807, 2.05) is 0 Å². The minimum Gasteiger partial charge on any atom is -0.481 e. The van der Waals surface area contributed by atoms with Crippen LogP contribution in [0.15, 0.2) is 10.5 Å². The summed E-state index contributed by atoms with van der Waals surface area (Å²) < 4.78 is 41.2. The van der Waals surface area contributed by atoms with Gasteiger partial charge in [-0.2, -0.15) is 0 Å². The maximum Gasteiger partial charge on any atom is 0.314 e. The third-order valence-corrected chi connectivity index (χ3v) is 4.28. The molecule has 1 aliphatic rings. The van der Waals surface area contributed by atoms with Gasteiger partial charge >= 0.3 is 5.97 Å². The number of carboxylic acid groups (broad SMARTS) is 1. The summed E-state index contributed by atoms with van der Waals surface area (Å²) in [4.78, 5) is 11.5. The maximum absolute atomic E-state index is 14.1. The summed E-state index contributed by atoms with van der Waals surface area (Å²) in [5.74, 6) is -4.97. The summed E-state index contributed by atoms with van der Waals surface area (Å²) in [7, 11) is 0. The van der Waals surface area contributed by atoms with Crippen molar-refractivity contribution in [1.82, 2.24) is 0 Å². The molecule has 0 bridgehead atoms. The highest BCUT2D eigenvalue weighted by atomic mass is 79.9. The molecule has 1 fully saturated rings. The Hall–Kier alpha value is -1.04. The Morgan fingerprint density at radius 3 is 2.26 bits per heavy atom. The second-order valence-electron chi connectivity index (χ2n) is 4.79. The van der Waals surface area contributed by atoms with Crippen molar-refractivity contribution in [3.8, 4) is 0 Å². The largest absolute Gasteiger partial charge is 0.481 e. The molecule has 0 amide bonds. The van der Waals surface area contributed by atoms with Crippen molar-refractivity contribution in [2.24, 2.45) is 0 Å². The number of benzene rings is 1. The first-order valence-electron chi connectivity index (χ1n) is 5.97. The number of halogens is 4. The molecule has 1 aromatic rings. The van der Waals surface area contributed by atoms with Crippen molar-refractivity contribution in [1.29, 1.82) is 0 Å². The molecule has 0 aromatic heterocycles. The summed E-state index contributed by atoms with van der Waals surface area (Å²) in [5.41, 5.74) is -2.33. The smallest absolute Gasteiger partial charge is 0.314 e. The van der Waals surface area contributed by atoms with Crippen LogP contribution in [-0.2, 0) is 10.2 Å². The van der Waals surface area contributed by atoms with Crippen LogP contribution >= 0.6 is 15.9 Å². The first-order valence-corrected chi connectivity index (χ1v) is 6.76. The topological polar surface area (TPSA) is 37.3 Å². The van der Waals surface area contributed by atoms with Crippen LogP contribution in [0.25, 0.3) is 0 Å². The highest BCUT2D eigenvalue weighted by Gasteiger charge is 2.46. The number of hydrogen-bond acceptors (Lipinski definition) is 1. The van der Waals surface area contributed by atoms with Crippen LogP contribution in [0.1, 0.15) is 37.7 Å². The number of carbonyl (C=O) groups is 1. The molecule has 0 atom stereocenters. The van der Waals surface area contributed by atoms with E-state index < -0.39 is 34.4 Å². The molecule has 6 heteroatoms. The molecule has 2 nitrogen and oxygen atoms in total. The lowest BCUT2D eigenvalue weighted by Crippen LogP contribution is -2.40. The molecule has 0 radical (unpaired) electrons. The molecule has 0 unspecified atom stereocenters. The van der Waals surface area contributed by atoms with Gasteiger partial charge in [-0.25, -0.2) is 13.2 Å². The SMILES string of the molecule is O=C(O)C1(c2c(F)c(F)cc(Br)c2F)CCCCC1. The van der Waals surface area contributed by atoms with Crippen LogP contribution in [0.2, 0.25) is 0 Å². The summed E-state index contributed by atoms with van der Waals surface area (Å²) in [6, 6.07) is 0.673. The predicted octanol–water partition coefficient (Wildman–Crippen LogP) is 4.15. The Kier molecular flexibility index (Phi) is 3.90. The van der Waals surface area contributed by atoms with Crippen LogP contribution in [-0.4, -0.2) is 11.1 Å². The number of rotatable bonds is 2. The van der Waals surface area contributed by atoms with Crippen molar-refractivity contribution in [3.63, 3.8) is 0 Å². The van der Waals surface area contributed by atoms with Crippen molar-refractivity contribution in [2.45, 2.75) is 37.5 Å². The second kappa shape index (κ2) is 5.15. The molecule has 0 aliphatic heterocycles. The quantitative estimate of drug-likeness (QED) is 0.823. The number of carboxylic acids is 1. The Bertz CT molecular complexity index is 499. The molecule has 104 valence electrons. The lowest BCUT2D eigenvalue weighted by atomic mass is 9.69. The van der Waals surface area contributed by atoms with Gasteiger partial charge in [0, 0.05) is 5.56 Å². The van der Waals surface area contributed by atoms with E-state index in [0.29, 0.717) is 18.9 Å². The van der Waals surface area contributed by atoms with E-state index in [4.69, 9.17) is 0 Å². The van der Waals surface area contributed by atoms with Crippen molar-refractivity contribution in [3.05, 3.63) is 33.6 Å². The van der Waals surface area contributed by atoms with Crippen LogP contribution in [0.3, 0.4) is 0 Å². The van der Waals surface area contributed by atoms with Gasteiger partial charge < -0.3 is 5.11 Å². The fraction of sp³-hybridized carbons (Fsp3) is 0.462. The zero-order valence-corrected chi connectivity index (χ0v) is 11.6. The van der Waals surface area contributed by atoms with Crippen LogP contribution < -0.4 is 0 Å². The molecule has 0 saturated heterocycles. The van der Waals surface area contributed by atoms with Gasteiger partial charge in [-0.1, -0.05) is 19.3 Å². The average molecular weight is 337 g/mol. The molecule has 1 N–H and O–H groups in total. The Balaban J connectivity index is 2.70. The minimum atomic E-state index is -1.67. The number of hydrogen-bond donors (Lipinski definition) is 1. The molecule has 1 aromatic carbocycles. The average Bonchev–Trinajstić information content (AvgIpc) is 2.37. The zero-order chi connectivity index (χ0) is 14.2. The molecule has 0 heterocycles. The van der Waals surface area contributed by atoms with Crippen molar-refractivity contribution < 1.29 is 23.1 Å². The highest BCUT2D eigenvalue weighted by Crippen LogP contribution is 2.43. The molecule has 2 rings (SSSR count). The zero-order valence-electron chi connectivity index (χ0n) is 9.98. The van der Waals surface area contributed by atoms with Gasteiger partial charge in [-0.05, 0) is 34.8 Å². The fourth-order valence-electron chi connectivity index (χ4n) is 2.72. The molecular formula is C13H12BrF3O2. The van der Waals surface area contributed by atoms with E-state index >= 15 is 0 Å². The maximum atomic E-state index is 14.1. The van der Waals surface area contributed by atoms with Crippen LogP contribution in [0, 0.1) is 17.5 Å². The molecule has 1 saturated carbocycles. The summed E-state index contributed by atoms with van der Waals surface area (Å²) in [5, 5.41) is 9.40. The van der Waals surface area contributed by atoms with Crippen molar-refractivity contribution >= 4 is 21.9 Å². The fourth-order valence-corrected chi connectivity index (χ4v) is 3.12. The Morgan fingerprint density at radius 2 is 1.74 bits per heavy atom. The van der Waals surface area contributed by atoms with Gasteiger partial charge in [0.1, 0.15) is 5.82 Å². The van der Waals surface area contributed by atoms with E-state index in [-0.39, 0.29) is 17.3 Å². The van der Waals surface area contributed by atoms with E-state index in [9.17, 15) is 23.1 Å². The summed E-state index contributed by atoms with van der Waals surface area (Å²) >= 11 is 2.80. The number of aliphatic carboxylic acids is 1. The van der Waals surface area contributed by atoms with Gasteiger partial charge in [0.05, 0.1) is 9.89 Å². The Morgan fingerprint density at radius 1 is 1.16 bits per heavy atom. The Labute approximate surface area is 116 Å². The van der Waals surface area contributed by atoms with Crippen LogP contribution in [0.4, 0.5) is 13.2 Å². The minimum absolute atomic E-state index is 0.117. The highest BCUT2D eigenvalue weighted by molar-refractivity contribution is 9.10. The van der Waals surface area contributed by atoms with Crippen LogP contribution in [0.5, 0.6) is 0 Å². The molecular weight excluding hydrogens is 325 g/mol. The molecule has 1 aliphatic carbocycles. The van der Waals surface area contributed by atoms with Gasteiger partial charge in [-0.3, -0.25) is 4.79 Å². The third kappa shape index (κ3) is 2.26. The van der Waals surface area contributed by atoms with E-state index in [1.165, 1.54) is 0 Å². The van der Waals surface area contributed by atoms with E-state index in [0.717, 1.165) is 6.42 Å². The lowest BCUT2D eigenvalue weighted by molar-refractivity contribution is -0.145. The molecule has 0 spiro atoms. The summed E-state index contributed by atoms with van der Waals surface area (Å²) in [6.07, 6.45) is 2.16. The first-order chi connectivity index (χ1) is 8.90. The molecule has 19 heavy (non-hydrogen) atoms. The van der Waals surface area contributed by atoms with Crippen molar-refractivity contribution in [2.75, 3.05) is 0 Å².